The van der Waals surface area contributed by atoms with E-state index in [1.807, 2.05) is 0 Å². The van der Waals surface area contributed by atoms with Crippen LogP contribution in [0, 0.1) is 17.8 Å². The Morgan fingerprint density at radius 3 is 2.90 bits per heavy atom. The van der Waals surface area contributed by atoms with E-state index in [0.717, 1.165) is 19.3 Å². The Morgan fingerprint density at radius 2 is 2.24 bits per heavy atom. The van der Waals surface area contributed by atoms with Gasteiger partial charge >= 0.3 is 0 Å². The predicted molar refractivity (Wildman–Crippen MR) is 77.8 cm³/mol. The summed E-state index contributed by atoms with van der Waals surface area (Å²) < 4.78 is 27.0. The molecule has 2 bridgehead atoms. The van der Waals surface area contributed by atoms with Crippen LogP contribution in [0.15, 0.2) is 23.4 Å². The number of sulfonamides is 1. The van der Waals surface area contributed by atoms with E-state index in [9.17, 15) is 8.42 Å². The summed E-state index contributed by atoms with van der Waals surface area (Å²) in [7, 11) is -3.47. The predicted octanol–water partition coefficient (Wildman–Crippen LogP) is 0.989. The van der Waals surface area contributed by atoms with Crippen LogP contribution in [0.2, 0.25) is 0 Å². The minimum atomic E-state index is -3.47. The van der Waals surface area contributed by atoms with E-state index in [1.54, 1.807) is 16.6 Å². The summed E-state index contributed by atoms with van der Waals surface area (Å²) in [5.41, 5.74) is 0.564. The van der Waals surface area contributed by atoms with Gasteiger partial charge in [-0.3, -0.25) is 4.98 Å². The van der Waals surface area contributed by atoms with Crippen LogP contribution < -0.4 is 0 Å². The largest absolute Gasteiger partial charge is 0.395 e. The average Bonchev–Trinajstić information content (AvgIpc) is 3.11. The van der Waals surface area contributed by atoms with Gasteiger partial charge in [0.1, 0.15) is 4.90 Å². The van der Waals surface area contributed by atoms with Crippen molar-refractivity contribution in [1.82, 2.24) is 9.29 Å². The molecule has 0 spiro atoms. The second kappa shape index (κ2) is 5.76. The Bertz CT molecular complexity index is 690. The van der Waals surface area contributed by atoms with Gasteiger partial charge in [0.25, 0.3) is 0 Å². The highest BCUT2D eigenvalue weighted by atomic mass is 32.2. The van der Waals surface area contributed by atoms with Crippen LogP contribution in [0.3, 0.4) is 0 Å². The molecule has 1 aromatic rings. The van der Waals surface area contributed by atoms with Gasteiger partial charge in [0, 0.05) is 37.0 Å². The Hall–Kier alpha value is -1.42. The van der Waals surface area contributed by atoms with Crippen molar-refractivity contribution in [2.24, 2.45) is 5.92 Å². The number of hydrogen-bond acceptors (Lipinski definition) is 4. The second-order valence-electron chi connectivity index (χ2n) is 5.59. The van der Waals surface area contributed by atoms with E-state index in [2.05, 4.69) is 16.8 Å². The lowest BCUT2D eigenvalue weighted by molar-refractivity contribution is 0.305. The van der Waals surface area contributed by atoms with Crippen molar-refractivity contribution < 1.29 is 13.5 Å². The standard InChI is InChI=1S/C15H18N2O3S/c18-6-2-1-3-12-8-15(10-16-9-12)21(19,20)17-11-13-4-5-14(17)7-13/h8-10,13-14,18H,2,4-7,11H2. The molecule has 2 fully saturated rings. The molecule has 2 aliphatic rings. The molecule has 2 heterocycles. The molecular formula is C15H18N2O3S. The van der Waals surface area contributed by atoms with Crippen molar-refractivity contribution in [2.75, 3.05) is 13.2 Å². The summed E-state index contributed by atoms with van der Waals surface area (Å²) in [5, 5.41) is 8.71. The molecule has 1 saturated heterocycles. The molecule has 5 nitrogen and oxygen atoms in total. The molecule has 2 unspecified atom stereocenters. The van der Waals surface area contributed by atoms with Gasteiger partial charge < -0.3 is 5.11 Å². The molecule has 2 atom stereocenters. The summed E-state index contributed by atoms with van der Waals surface area (Å²) in [6, 6.07) is 1.72. The number of pyridine rings is 1. The fourth-order valence-electron chi connectivity index (χ4n) is 3.16. The van der Waals surface area contributed by atoms with Crippen LogP contribution >= 0.6 is 0 Å². The normalized spacial score (nSPS) is 24.8. The minimum absolute atomic E-state index is 0.00470. The zero-order chi connectivity index (χ0) is 14.9. The van der Waals surface area contributed by atoms with Gasteiger partial charge in [-0.1, -0.05) is 11.8 Å². The molecular weight excluding hydrogens is 288 g/mol. The molecule has 6 heteroatoms. The summed E-state index contributed by atoms with van der Waals surface area (Å²) in [5.74, 6) is 6.12. The summed E-state index contributed by atoms with van der Waals surface area (Å²) in [6.07, 6.45) is 6.39. The Labute approximate surface area is 125 Å². The van der Waals surface area contributed by atoms with E-state index >= 15 is 0 Å². The third kappa shape index (κ3) is 2.82. The third-order valence-electron chi connectivity index (χ3n) is 4.15. The second-order valence-corrected chi connectivity index (χ2v) is 7.48. The molecule has 0 radical (unpaired) electrons. The zero-order valence-electron chi connectivity index (χ0n) is 11.7. The first-order valence-corrected chi connectivity index (χ1v) is 8.62. The minimum Gasteiger partial charge on any atom is -0.395 e. The molecule has 1 aromatic heterocycles. The highest BCUT2D eigenvalue weighted by Crippen LogP contribution is 2.40. The van der Waals surface area contributed by atoms with E-state index in [0.29, 0.717) is 24.4 Å². The fraction of sp³-hybridized carbons (Fsp3) is 0.533. The van der Waals surface area contributed by atoms with E-state index in [-0.39, 0.29) is 17.5 Å². The quantitative estimate of drug-likeness (QED) is 0.845. The molecule has 1 saturated carbocycles. The first-order chi connectivity index (χ1) is 10.1. The van der Waals surface area contributed by atoms with Crippen LogP contribution in [-0.2, 0) is 10.0 Å². The zero-order valence-corrected chi connectivity index (χ0v) is 12.5. The number of hydrogen-bond donors (Lipinski definition) is 1. The van der Waals surface area contributed by atoms with E-state index in [1.165, 1.54) is 6.20 Å². The topological polar surface area (TPSA) is 70.5 Å². The monoisotopic (exact) mass is 306 g/mol. The van der Waals surface area contributed by atoms with E-state index < -0.39 is 10.0 Å². The number of aliphatic hydroxyl groups excluding tert-OH is 1. The smallest absolute Gasteiger partial charge is 0.244 e. The van der Waals surface area contributed by atoms with Gasteiger partial charge in [0.05, 0.1) is 6.61 Å². The van der Waals surface area contributed by atoms with Crippen molar-refractivity contribution >= 4 is 10.0 Å². The van der Waals surface area contributed by atoms with Crippen LogP contribution in [0.5, 0.6) is 0 Å². The number of piperidine rings is 1. The number of aromatic nitrogens is 1. The third-order valence-corrected chi connectivity index (χ3v) is 6.03. The molecule has 3 rings (SSSR count). The number of aliphatic hydroxyl groups is 1. The van der Waals surface area contributed by atoms with Crippen molar-refractivity contribution in [3.8, 4) is 11.8 Å². The lowest BCUT2D eigenvalue weighted by atomic mass is 10.1. The van der Waals surface area contributed by atoms with Crippen molar-refractivity contribution in [3.63, 3.8) is 0 Å². The van der Waals surface area contributed by atoms with Crippen molar-refractivity contribution in [3.05, 3.63) is 24.0 Å². The maximum atomic E-state index is 12.7. The lowest BCUT2D eigenvalue weighted by Gasteiger charge is -2.25. The number of rotatable bonds is 3. The van der Waals surface area contributed by atoms with Gasteiger partial charge in [-0.25, -0.2) is 8.42 Å². The molecule has 0 aromatic carbocycles. The lowest BCUT2D eigenvalue weighted by Crippen LogP contribution is -2.37. The van der Waals surface area contributed by atoms with Crippen LogP contribution in [-0.4, -0.2) is 42.0 Å². The van der Waals surface area contributed by atoms with E-state index in [4.69, 9.17) is 5.11 Å². The van der Waals surface area contributed by atoms with Gasteiger partial charge in [-0.15, -0.1) is 0 Å². The number of nitrogens with zero attached hydrogens (tertiary/aromatic N) is 2. The molecule has 1 N–H and O–H groups in total. The molecule has 0 amide bonds. The first-order valence-electron chi connectivity index (χ1n) is 7.18. The van der Waals surface area contributed by atoms with Gasteiger partial charge in [0.15, 0.2) is 0 Å². The average molecular weight is 306 g/mol. The molecule has 1 aliphatic heterocycles. The first kappa shape index (κ1) is 14.5. The molecule has 1 aliphatic carbocycles. The van der Waals surface area contributed by atoms with Crippen LogP contribution in [0.4, 0.5) is 0 Å². The highest BCUT2D eigenvalue weighted by Gasteiger charge is 2.44. The summed E-state index contributed by atoms with van der Waals surface area (Å²) in [6.45, 7) is 0.628. The number of fused-ring (bicyclic) bond motifs is 2. The Balaban J connectivity index is 1.86. The van der Waals surface area contributed by atoms with Crippen LogP contribution in [0.1, 0.15) is 31.2 Å². The molecule has 21 heavy (non-hydrogen) atoms. The molecule has 112 valence electrons. The maximum absolute atomic E-state index is 12.7. The summed E-state index contributed by atoms with van der Waals surface area (Å²) in [4.78, 5) is 4.21. The highest BCUT2D eigenvalue weighted by molar-refractivity contribution is 7.89. The Morgan fingerprint density at radius 1 is 1.38 bits per heavy atom. The van der Waals surface area contributed by atoms with Gasteiger partial charge in [0.2, 0.25) is 10.0 Å². The van der Waals surface area contributed by atoms with Crippen molar-refractivity contribution in [2.45, 2.75) is 36.6 Å². The SMILES string of the molecule is O=S(=O)(c1cncc(C#CCCO)c1)N1CC2CCC1C2. The fourth-order valence-corrected chi connectivity index (χ4v) is 4.89. The maximum Gasteiger partial charge on any atom is 0.244 e. The van der Waals surface area contributed by atoms with Gasteiger partial charge in [-0.2, -0.15) is 4.31 Å². The van der Waals surface area contributed by atoms with Gasteiger partial charge in [-0.05, 0) is 31.2 Å². The Kier molecular flexibility index (Phi) is 3.98. The van der Waals surface area contributed by atoms with Crippen molar-refractivity contribution in [1.29, 1.82) is 0 Å². The van der Waals surface area contributed by atoms with Crippen LogP contribution in [0.25, 0.3) is 0 Å². The summed E-state index contributed by atoms with van der Waals surface area (Å²) >= 11 is 0.